The first kappa shape index (κ1) is 6.77. The van der Waals surface area contributed by atoms with Crippen LogP contribution in [0.4, 0.5) is 0 Å². The van der Waals surface area contributed by atoms with Crippen LogP contribution < -0.4 is 0 Å². The van der Waals surface area contributed by atoms with Crippen molar-refractivity contribution in [2.24, 2.45) is 0 Å². The Balaban J connectivity index is 3.32. The van der Waals surface area contributed by atoms with Gasteiger partial charge >= 0.3 is 0 Å². The van der Waals surface area contributed by atoms with Crippen molar-refractivity contribution in [3.05, 3.63) is 30.7 Å². The average Bonchev–Trinajstić information content (AvgIpc) is 1.27. The lowest BCUT2D eigenvalue weighted by Gasteiger charge is -1.90. The molecule has 0 N–H and O–H groups in total. The van der Waals surface area contributed by atoms with Crippen LogP contribution in [0.15, 0.2) is 23.8 Å². The van der Waals surface area contributed by atoms with Crippen LogP contribution in [0.25, 0.3) is 0 Å². The maximum absolute atomic E-state index is 5.38. The summed E-state index contributed by atoms with van der Waals surface area (Å²) >= 11 is 5.38. The number of allylic oxidation sites excluding steroid dienone is 2. The molecule has 0 amide bonds. The first-order valence-corrected chi connectivity index (χ1v) is 2.33. The summed E-state index contributed by atoms with van der Waals surface area (Å²) in [5.41, 5.74) is 0.806. The van der Waals surface area contributed by atoms with Gasteiger partial charge in [-0.1, -0.05) is 30.3 Å². The first-order chi connectivity index (χ1) is 3.13. The van der Waals surface area contributed by atoms with E-state index in [1.54, 1.807) is 0 Å². The second-order valence-corrected chi connectivity index (χ2v) is 1.98. The van der Waals surface area contributed by atoms with Crippen molar-refractivity contribution in [2.45, 2.75) is 6.42 Å². The van der Waals surface area contributed by atoms with E-state index in [4.69, 9.17) is 11.6 Å². The predicted octanol–water partition coefficient (Wildman–Crippen LogP) is 2.52. The van der Waals surface area contributed by atoms with Crippen LogP contribution in [-0.2, 0) is 0 Å². The predicted molar refractivity (Wildman–Crippen MR) is 34.1 cm³/mol. The van der Waals surface area contributed by atoms with E-state index in [2.05, 4.69) is 20.1 Å². The fourth-order valence-electron chi connectivity index (χ4n) is 0.271. The van der Waals surface area contributed by atoms with E-state index in [9.17, 15) is 0 Å². The highest BCUT2D eigenvalue weighted by molar-refractivity contribution is 6.29. The Kier molecular flexibility index (Phi) is 2.77. The van der Waals surface area contributed by atoms with Gasteiger partial charge in [-0.2, -0.15) is 0 Å². The zero-order valence-electron chi connectivity index (χ0n) is 4.21. The van der Waals surface area contributed by atoms with Gasteiger partial charge in [0, 0.05) is 11.5 Å². The first-order valence-electron chi connectivity index (χ1n) is 1.96. The van der Waals surface area contributed by atoms with E-state index >= 15 is 0 Å². The summed E-state index contributed by atoms with van der Waals surface area (Å²) in [6.07, 6.45) is 0.627. The van der Waals surface area contributed by atoms with E-state index in [0.29, 0.717) is 11.5 Å². The summed E-state index contributed by atoms with van der Waals surface area (Å²) in [4.78, 5) is 0. The van der Waals surface area contributed by atoms with Crippen LogP contribution in [0, 0.1) is 6.92 Å². The highest BCUT2D eigenvalue weighted by atomic mass is 35.5. The van der Waals surface area contributed by atoms with Gasteiger partial charge in [-0.05, 0) is 6.92 Å². The molecule has 0 bridgehead atoms. The Morgan fingerprint density at radius 3 is 1.86 bits per heavy atom. The van der Waals surface area contributed by atoms with Crippen LogP contribution in [0.3, 0.4) is 0 Å². The molecule has 0 aliphatic heterocycles. The Morgan fingerprint density at radius 1 is 1.43 bits per heavy atom. The Morgan fingerprint density at radius 2 is 1.86 bits per heavy atom. The summed E-state index contributed by atoms with van der Waals surface area (Å²) in [6.45, 7) is 10.5. The monoisotopic (exact) mass is 115 g/mol. The maximum Gasteiger partial charge on any atom is 0.0149 e. The quantitative estimate of drug-likeness (QED) is 0.519. The molecule has 0 spiro atoms. The van der Waals surface area contributed by atoms with Gasteiger partial charge in [0.25, 0.3) is 0 Å². The van der Waals surface area contributed by atoms with Crippen molar-refractivity contribution in [3.8, 4) is 0 Å². The highest BCUT2D eigenvalue weighted by Gasteiger charge is 1.85. The Hall–Kier alpha value is -0.230. The number of halogens is 1. The lowest BCUT2D eigenvalue weighted by molar-refractivity contribution is 1.28. The normalized spacial score (nSPS) is 8.29. The number of hydrogen-bond acceptors (Lipinski definition) is 0. The lowest BCUT2D eigenvalue weighted by atomic mass is 10.2. The minimum Gasteiger partial charge on any atom is -0.0995 e. The van der Waals surface area contributed by atoms with Crippen molar-refractivity contribution in [1.29, 1.82) is 0 Å². The molecule has 0 aromatic heterocycles. The summed E-state index contributed by atoms with van der Waals surface area (Å²) < 4.78 is 0. The van der Waals surface area contributed by atoms with E-state index in [1.165, 1.54) is 0 Å². The minimum absolute atomic E-state index is 0.597. The van der Waals surface area contributed by atoms with Gasteiger partial charge in [0.15, 0.2) is 0 Å². The molecule has 7 heavy (non-hydrogen) atoms. The molecule has 39 valence electrons. The molecule has 0 aliphatic carbocycles. The second kappa shape index (κ2) is 2.86. The topological polar surface area (TPSA) is 0 Å². The molecule has 1 heteroatoms. The number of hydrogen-bond donors (Lipinski definition) is 0. The summed E-state index contributed by atoms with van der Waals surface area (Å²) in [5, 5.41) is 0.597. The second-order valence-electron chi connectivity index (χ2n) is 1.44. The van der Waals surface area contributed by atoms with Gasteiger partial charge in [0.05, 0.1) is 0 Å². The Bertz CT molecular complexity index is 80.4. The largest absolute Gasteiger partial charge is 0.0995 e. The van der Waals surface area contributed by atoms with Gasteiger partial charge < -0.3 is 0 Å². The summed E-state index contributed by atoms with van der Waals surface area (Å²) in [5.74, 6) is 0. The van der Waals surface area contributed by atoms with Crippen molar-refractivity contribution >= 4 is 11.6 Å². The van der Waals surface area contributed by atoms with Crippen LogP contribution in [-0.4, -0.2) is 0 Å². The highest BCUT2D eigenvalue weighted by Crippen LogP contribution is 2.08. The third kappa shape index (κ3) is 5.77. The summed E-state index contributed by atoms with van der Waals surface area (Å²) in [6, 6.07) is 0. The van der Waals surface area contributed by atoms with E-state index in [0.717, 1.165) is 5.57 Å². The van der Waals surface area contributed by atoms with Crippen molar-refractivity contribution in [3.63, 3.8) is 0 Å². The van der Waals surface area contributed by atoms with E-state index < -0.39 is 0 Å². The lowest BCUT2D eigenvalue weighted by Crippen LogP contribution is -1.70. The molecule has 0 saturated carbocycles. The zero-order chi connectivity index (χ0) is 5.86. The van der Waals surface area contributed by atoms with Crippen molar-refractivity contribution in [1.82, 2.24) is 0 Å². The van der Waals surface area contributed by atoms with Crippen molar-refractivity contribution in [2.75, 3.05) is 0 Å². The minimum atomic E-state index is 0.597. The molecule has 0 fully saturated rings. The van der Waals surface area contributed by atoms with Crippen LogP contribution in [0.1, 0.15) is 6.42 Å². The van der Waals surface area contributed by atoms with Gasteiger partial charge in [-0.15, -0.1) is 0 Å². The fraction of sp³-hybridized carbons (Fsp3) is 0.167. The van der Waals surface area contributed by atoms with Crippen LogP contribution >= 0.6 is 11.6 Å². The smallest absolute Gasteiger partial charge is 0.0149 e. The van der Waals surface area contributed by atoms with Crippen molar-refractivity contribution < 1.29 is 0 Å². The molecule has 0 atom stereocenters. The van der Waals surface area contributed by atoms with E-state index in [1.807, 2.05) is 0 Å². The molecular formula is C6H8Cl. The fourth-order valence-corrected chi connectivity index (χ4v) is 0.460. The molecule has 0 nitrogen and oxygen atoms in total. The van der Waals surface area contributed by atoms with Crippen LogP contribution in [0.5, 0.6) is 0 Å². The molecule has 0 saturated heterocycles. The molecule has 0 aromatic carbocycles. The third-order valence-corrected chi connectivity index (χ3v) is 0.575. The summed E-state index contributed by atoms with van der Waals surface area (Å²) in [7, 11) is 0. The van der Waals surface area contributed by atoms with Gasteiger partial charge in [-0.25, -0.2) is 0 Å². The molecule has 0 heterocycles. The van der Waals surface area contributed by atoms with E-state index in [-0.39, 0.29) is 0 Å². The molecular weight excluding hydrogens is 108 g/mol. The maximum atomic E-state index is 5.38. The SMILES string of the molecule is [CH2]C(=C)CC(=C)Cl. The van der Waals surface area contributed by atoms with Gasteiger partial charge in [0.1, 0.15) is 0 Å². The Labute approximate surface area is 49.5 Å². The molecule has 0 aliphatic rings. The molecule has 1 radical (unpaired) electrons. The zero-order valence-corrected chi connectivity index (χ0v) is 4.96. The number of rotatable bonds is 2. The standard InChI is InChI=1S/C6H8Cl/c1-5(2)4-6(3)7/h1-4H2. The molecule has 0 unspecified atom stereocenters. The average molecular weight is 116 g/mol. The van der Waals surface area contributed by atoms with Crippen LogP contribution in [0.2, 0.25) is 0 Å². The van der Waals surface area contributed by atoms with Gasteiger partial charge in [0.2, 0.25) is 0 Å². The van der Waals surface area contributed by atoms with Gasteiger partial charge in [-0.3, -0.25) is 0 Å². The molecule has 0 aromatic rings. The molecule has 0 rings (SSSR count). The third-order valence-electron chi connectivity index (χ3n) is 0.442.